The molecule has 0 aliphatic heterocycles. The lowest BCUT2D eigenvalue weighted by molar-refractivity contribution is -0.383. The van der Waals surface area contributed by atoms with Crippen LogP contribution in [0, 0.1) is 10.1 Å². The molecule has 0 amide bonds. The Kier molecular flexibility index (Phi) is 6.69. The van der Waals surface area contributed by atoms with Crippen molar-refractivity contribution in [2.75, 3.05) is 23.8 Å². The SMILES string of the molecule is CCOC(=O)c1ccc(Nc2ncnc(NCCc3cccs3)c2[N+](=O)[O-])cc1. The van der Waals surface area contributed by atoms with Gasteiger partial charge >= 0.3 is 11.7 Å². The molecule has 0 aliphatic rings. The van der Waals surface area contributed by atoms with E-state index in [-0.39, 0.29) is 23.9 Å². The molecule has 0 atom stereocenters. The molecule has 0 unspecified atom stereocenters. The number of carbonyl (C=O) groups excluding carboxylic acids is 1. The average molecular weight is 413 g/mol. The Morgan fingerprint density at radius 2 is 1.97 bits per heavy atom. The van der Waals surface area contributed by atoms with Gasteiger partial charge in [0.05, 0.1) is 17.1 Å². The Bertz CT molecular complexity index is 977. The summed E-state index contributed by atoms with van der Waals surface area (Å²) in [7, 11) is 0. The van der Waals surface area contributed by atoms with Crippen LogP contribution in [0.15, 0.2) is 48.1 Å². The molecule has 150 valence electrons. The van der Waals surface area contributed by atoms with Gasteiger partial charge in [0.15, 0.2) is 0 Å². The van der Waals surface area contributed by atoms with E-state index in [0.717, 1.165) is 6.42 Å². The van der Waals surface area contributed by atoms with E-state index in [4.69, 9.17) is 4.74 Å². The predicted molar refractivity (Wildman–Crippen MR) is 111 cm³/mol. The number of hydrogen-bond donors (Lipinski definition) is 2. The molecule has 9 nitrogen and oxygen atoms in total. The zero-order chi connectivity index (χ0) is 20.6. The Balaban J connectivity index is 1.74. The van der Waals surface area contributed by atoms with Crippen molar-refractivity contribution in [2.24, 2.45) is 0 Å². The van der Waals surface area contributed by atoms with Crippen molar-refractivity contribution in [3.8, 4) is 0 Å². The molecular formula is C19H19N5O4S. The standard InChI is InChI=1S/C19H19N5O4S/c1-2-28-19(25)13-5-7-14(8-6-13)23-18-16(24(26)27)17(21-12-22-18)20-10-9-15-4-3-11-29-15/h3-8,11-12H,2,9-10H2,1H3,(H2,20,21,22,23). The Hall–Kier alpha value is -3.53. The first kappa shape index (κ1) is 20.2. The third-order valence-electron chi connectivity index (χ3n) is 3.91. The molecule has 0 radical (unpaired) electrons. The molecule has 0 saturated carbocycles. The lowest BCUT2D eigenvalue weighted by Crippen LogP contribution is -2.10. The summed E-state index contributed by atoms with van der Waals surface area (Å²) < 4.78 is 4.94. The van der Waals surface area contributed by atoms with Crippen LogP contribution in [0.4, 0.5) is 23.0 Å². The number of rotatable bonds is 9. The summed E-state index contributed by atoms with van der Waals surface area (Å²) >= 11 is 1.63. The van der Waals surface area contributed by atoms with Crippen molar-refractivity contribution in [2.45, 2.75) is 13.3 Å². The fraction of sp³-hybridized carbons (Fsp3) is 0.211. The molecule has 3 rings (SSSR count). The number of nitrogens with zero attached hydrogens (tertiary/aromatic N) is 3. The first-order valence-corrected chi connectivity index (χ1v) is 9.76. The molecule has 0 aliphatic carbocycles. The number of nitro groups is 1. The third kappa shape index (κ3) is 5.26. The summed E-state index contributed by atoms with van der Waals surface area (Å²) in [6, 6.07) is 10.4. The van der Waals surface area contributed by atoms with E-state index in [2.05, 4.69) is 20.6 Å². The van der Waals surface area contributed by atoms with E-state index in [1.807, 2.05) is 17.5 Å². The van der Waals surface area contributed by atoms with E-state index < -0.39 is 10.9 Å². The molecule has 2 N–H and O–H groups in total. The summed E-state index contributed by atoms with van der Waals surface area (Å²) in [5.41, 5.74) is 0.697. The van der Waals surface area contributed by atoms with Crippen LogP contribution in [0.5, 0.6) is 0 Å². The molecule has 0 saturated heterocycles. The van der Waals surface area contributed by atoms with Gasteiger partial charge in [0.1, 0.15) is 6.33 Å². The van der Waals surface area contributed by atoms with Gasteiger partial charge in [-0.3, -0.25) is 10.1 Å². The monoisotopic (exact) mass is 413 g/mol. The van der Waals surface area contributed by atoms with Gasteiger partial charge in [-0.1, -0.05) is 6.07 Å². The maximum atomic E-state index is 11.7. The Labute approximate surface area is 170 Å². The van der Waals surface area contributed by atoms with Gasteiger partial charge < -0.3 is 15.4 Å². The topological polar surface area (TPSA) is 119 Å². The van der Waals surface area contributed by atoms with Gasteiger partial charge in [-0.05, 0) is 49.1 Å². The second-order valence-electron chi connectivity index (χ2n) is 5.86. The zero-order valence-electron chi connectivity index (χ0n) is 15.6. The van der Waals surface area contributed by atoms with Crippen molar-refractivity contribution in [1.82, 2.24) is 9.97 Å². The summed E-state index contributed by atoms with van der Waals surface area (Å²) in [4.78, 5) is 32.0. The number of esters is 1. The van der Waals surface area contributed by atoms with Crippen LogP contribution >= 0.6 is 11.3 Å². The molecule has 2 heterocycles. The van der Waals surface area contributed by atoms with Gasteiger partial charge in [0, 0.05) is 17.1 Å². The van der Waals surface area contributed by atoms with Gasteiger partial charge in [0.2, 0.25) is 11.6 Å². The summed E-state index contributed by atoms with van der Waals surface area (Å²) in [6.45, 7) is 2.52. The van der Waals surface area contributed by atoms with Gasteiger partial charge in [-0.15, -0.1) is 11.3 Å². The van der Waals surface area contributed by atoms with Gasteiger partial charge in [-0.2, -0.15) is 0 Å². The first-order chi connectivity index (χ1) is 14.1. The highest BCUT2D eigenvalue weighted by Gasteiger charge is 2.23. The summed E-state index contributed by atoms with van der Waals surface area (Å²) in [5, 5.41) is 19.5. The van der Waals surface area contributed by atoms with E-state index in [1.54, 1.807) is 42.5 Å². The molecule has 3 aromatic rings. The number of anilines is 3. The minimum atomic E-state index is -0.525. The largest absolute Gasteiger partial charge is 0.462 e. The third-order valence-corrected chi connectivity index (χ3v) is 4.84. The van der Waals surface area contributed by atoms with Crippen molar-refractivity contribution < 1.29 is 14.5 Å². The lowest BCUT2D eigenvalue weighted by atomic mass is 10.2. The first-order valence-electron chi connectivity index (χ1n) is 8.88. The van der Waals surface area contributed by atoms with E-state index in [0.29, 0.717) is 17.8 Å². The molecular weight excluding hydrogens is 394 g/mol. The van der Waals surface area contributed by atoms with Crippen molar-refractivity contribution in [3.05, 3.63) is 68.7 Å². The molecule has 10 heteroatoms. The van der Waals surface area contributed by atoms with Crippen LogP contribution in [0.1, 0.15) is 22.2 Å². The number of aromatic nitrogens is 2. The van der Waals surface area contributed by atoms with Crippen LogP contribution in [0.25, 0.3) is 0 Å². The summed E-state index contributed by atoms with van der Waals surface area (Å²) in [5.74, 6) is -0.219. The predicted octanol–water partition coefficient (Wildman–Crippen LogP) is 4.02. The van der Waals surface area contributed by atoms with Crippen molar-refractivity contribution in [3.63, 3.8) is 0 Å². The molecule has 29 heavy (non-hydrogen) atoms. The van der Waals surface area contributed by atoms with Crippen LogP contribution < -0.4 is 10.6 Å². The fourth-order valence-corrected chi connectivity index (χ4v) is 3.28. The number of carbonyl (C=O) groups is 1. The number of hydrogen-bond acceptors (Lipinski definition) is 9. The maximum absolute atomic E-state index is 11.7. The molecule has 0 bridgehead atoms. The smallest absolute Gasteiger partial charge is 0.353 e. The van der Waals surface area contributed by atoms with Crippen LogP contribution in [0.3, 0.4) is 0 Å². The lowest BCUT2D eigenvalue weighted by Gasteiger charge is -2.10. The second kappa shape index (κ2) is 9.60. The Morgan fingerprint density at radius 1 is 1.21 bits per heavy atom. The molecule has 1 aromatic carbocycles. The van der Waals surface area contributed by atoms with Crippen LogP contribution in [-0.4, -0.2) is 34.0 Å². The highest BCUT2D eigenvalue weighted by Crippen LogP contribution is 2.31. The highest BCUT2D eigenvalue weighted by atomic mass is 32.1. The minimum absolute atomic E-state index is 0.0625. The van der Waals surface area contributed by atoms with Crippen LogP contribution in [-0.2, 0) is 11.2 Å². The second-order valence-corrected chi connectivity index (χ2v) is 6.89. The number of thiophene rings is 1. The molecule has 2 aromatic heterocycles. The Morgan fingerprint density at radius 3 is 2.62 bits per heavy atom. The van der Waals surface area contributed by atoms with Crippen molar-refractivity contribution >= 4 is 40.3 Å². The fourth-order valence-electron chi connectivity index (χ4n) is 2.57. The number of benzene rings is 1. The highest BCUT2D eigenvalue weighted by molar-refractivity contribution is 7.09. The normalized spacial score (nSPS) is 10.4. The molecule has 0 fully saturated rings. The van der Waals surface area contributed by atoms with Gasteiger partial charge in [0.25, 0.3) is 0 Å². The van der Waals surface area contributed by atoms with E-state index in [1.165, 1.54) is 11.2 Å². The van der Waals surface area contributed by atoms with E-state index in [9.17, 15) is 14.9 Å². The zero-order valence-corrected chi connectivity index (χ0v) is 16.4. The van der Waals surface area contributed by atoms with Gasteiger partial charge in [-0.25, -0.2) is 14.8 Å². The quantitative estimate of drug-likeness (QED) is 0.307. The minimum Gasteiger partial charge on any atom is -0.462 e. The van der Waals surface area contributed by atoms with Crippen molar-refractivity contribution in [1.29, 1.82) is 0 Å². The maximum Gasteiger partial charge on any atom is 0.353 e. The number of ether oxygens (including phenoxy) is 1. The van der Waals surface area contributed by atoms with E-state index >= 15 is 0 Å². The average Bonchev–Trinajstić information content (AvgIpc) is 3.22. The molecule has 0 spiro atoms. The number of nitrogens with one attached hydrogen (secondary N) is 2. The summed E-state index contributed by atoms with van der Waals surface area (Å²) in [6.07, 6.45) is 1.99. The van der Waals surface area contributed by atoms with Crippen LogP contribution in [0.2, 0.25) is 0 Å².